The molecule has 0 aliphatic carbocycles. The predicted octanol–water partition coefficient (Wildman–Crippen LogP) is -0.0125. The minimum atomic E-state index is -0.858. The molecule has 0 aliphatic rings. The second-order valence-electron chi connectivity index (χ2n) is 1.78. The molecule has 0 bridgehead atoms. The van der Waals surface area contributed by atoms with Crippen LogP contribution in [0.3, 0.4) is 0 Å². The second kappa shape index (κ2) is 4.29. The molecule has 4 nitrogen and oxygen atoms in total. The molecule has 54 valence electrons. The van der Waals surface area contributed by atoms with E-state index in [4.69, 9.17) is 5.11 Å². The van der Waals surface area contributed by atoms with Gasteiger partial charge in [-0.1, -0.05) is 6.92 Å². The van der Waals surface area contributed by atoms with Gasteiger partial charge < -0.3 is 9.94 Å². The molecule has 0 aromatic heterocycles. The molecule has 0 saturated heterocycles. The Kier molecular flexibility index (Phi) is 4.00. The summed E-state index contributed by atoms with van der Waals surface area (Å²) in [6.07, 6.45) is 0.548. The normalized spacial score (nSPS) is 13.1. The Labute approximate surface area is 53.6 Å². The zero-order valence-electron chi connectivity index (χ0n) is 5.33. The highest BCUT2D eigenvalue weighted by molar-refractivity contribution is 5.69. The molecule has 0 aliphatic heterocycles. The molecular weight excluding hydrogens is 122 g/mol. The average molecular weight is 133 g/mol. The minimum Gasteiger partial charge on any atom is -0.481 e. The number of carboxylic acid groups (broad SMARTS) is 1. The van der Waals surface area contributed by atoms with Crippen LogP contribution in [-0.4, -0.2) is 17.7 Å². The van der Waals surface area contributed by atoms with Gasteiger partial charge in [0.15, 0.2) is 0 Å². The van der Waals surface area contributed by atoms with E-state index in [0.29, 0.717) is 6.42 Å². The number of carbonyl (C=O) groups is 1. The van der Waals surface area contributed by atoms with Crippen LogP contribution in [-0.2, 0) is 9.63 Å². The van der Waals surface area contributed by atoms with Crippen molar-refractivity contribution in [2.75, 3.05) is 6.61 Å². The first kappa shape index (κ1) is 8.39. The third-order valence-electron chi connectivity index (χ3n) is 1.14. The van der Waals surface area contributed by atoms with Gasteiger partial charge in [0.05, 0.1) is 12.5 Å². The van der Waals surface area contributed by atoms with E-state index in [1.165, 1.54) is 0 Å². The summed E-state index contributed by atoms with van der Waals surface area (Å²) in [5.41, 5.74) is 0. The second-order valence-corrected chi connectivity index (χ2v) is 1.78. The van der Waals surface area contributed by atoms with Gasteiger partial charge in [-0.15, -0.1) is 0 Å². The van der Waals surface area contributed by atoms with E-state index in [-0.39, 0.29) is 6.61 Å². The maximum atomic E-state index is 10.2. The molecule has 4 heteroatoms. The van der Waals surface area contributed by atoms with Gasteiger partial charge in [-0.05, 0) is 6.42 Å². The van der Waals surface area contributed by atoms with Crippen molar-refractivity contribution in [1.29, 1.82) is 0 Å². The summed E-state index contributed by atoms with van der Waals surface area (Å²) in [5, 5.41) is 8.37. The Morgan fingerprint density at radius 2 is 2.44 bits per heavy atom. The first-order chi connectivity index (χ1) is 4.22. The summed E-state index contributed by atoms with van der Waals surface area (Å²) in [7, 11) is 0. The van der Waals surface area contributed by atoms with E-state index in [2.05, 4.69) is 10.7 Å². The van der Waals surface area contributed by atoms with Crippen LogP contribution >= 0.6 is 0 Å². The molecule has 0 aromatic rings. The number of hydrogen-bond donors (Lipinski definition) is 2. The van der Waals surface area contributed by atoms with Crippen LogP contribution < -0.4 is 5.90 Å². The first-order valence-electron chi connectivity index (χ1n) is 2.76. The Balaban J connectivity index is 3.54. The fourth-order valence-corrected chi connectivity index (χ4v) is 0.480. The van der Waals surface area contributed by atoms with Gasteiger partial charge in [0.25, 0.3) is 0 Å². The number of nitrogens with two attached hydrogens (primary N) is 1. The van der Waals surface area contributed by atoms with Crippen LogP contribution in [0.4, 0.5) is 0 Å². The average Bonchev–Trinajstić information content (AvgIpc) is 1.82. The predicted molar refractivity (Wildman–Crippen MR) is 31.6 cm³/mol. The summed E-state index contributed by atoms with van der Waals surface area (Å²) < 4.78 is 0. The minimum absolute atomic E-state index is 0.0891. The van der Waals surface area contributed by atoms with Crippen LogP contribution in [0.1, 0.15) is 13.3 Å². The van der Waals surface area contributed by atoms with Crippen molar-refractivity contribution in [2.45, 2.75) is 13.3 Å². The van der Waals surface area contributed by atoms with E-state index in [9.17, 15) is 4.79 Å². The van der Waals surface area contributed by atoms with Gasteiger partial charge in [0.1, 0.15) is 0 Å². The highest BCUT2D eigenvalue weighted by atomic mass is 16.6. The largest absolute Gasteiger partial charge is 0.481 e. The van der Waals surface area contributed by atoms with Gasteiger partial charge >= 0.3 is 5.97 Å². The lowest BCUT2D eigenvalue weighted by atomic mass is 10.1. The summed E-state index contributed by atoms with van der Waals surface area (Å²) >= 11 is 0. The molecule has 1 atom stereocenters. The van der Waals surface area contributed by atoms with Gasteiger partial charge in [-0.2, -0.15) is 0 Å². The maximum Gasteiger partial charge on any atom is 0.308 e. The summed E-state index contributed by atoms with van der Waals surface area (Å²) in [6, 6.07) is 0. The first-order valence-corrected chi connectivity index (χ1v) is 2.76. The Morgan fingerprint density at radius 3 is 2.56 bits per heavy atom. The van der Waals surface area contributed by atoms with Gasteiger partial charge in [0, 0.05) is 0 Å². The van der Waals surface area contributed by atoms with E-state index in [0.717, 1.165) is 0 Å². The van der Waals surface area contributed by atoms with E-state index in [1.807, 2.05) is 0 Å². The van der Waals surface area contributed by atoms with Crippen molar-refractivity contribution in [2.24, 2.45) is 11.8 Å². The molecule has 0 aromatic carbocycles. The van der Waals surface area contributed by atoms with Crippen LogP contribution in [0.2, 0.25) is 0 Å². The lowest BCUT2D eigenvalue weighted by molar-refractivity contribution is -0.144. The van der Waals surface area contributed by atoms with Crippen molar-refractivity contribution in [3.8, 4) is 0 Å². The van der Waals surface area contributed by atoms with Crippen LogP contribution in [0.15, 0.2) is 0 Å². The zero-order chi connectivity index (χ0) is 7.28. The van der Waals surface area contributed by atoms with E-state index >= 15 is 0 Å². The lowest BCUT2D eigenvalue weighted by Gasteiger charge is -2.05. The lowest BCUT2D eigenvalue weighted by Crippen LogP contribution is -2.20. The van der Waals surface area contributed by atoms with Gasteiger partial charge in [-0.25, -0.2) is 5.90 Å². The summed E-state index contributed by atoms with van der Waals surface area (Å²) in [5.74, 6) is 3.36. The fourth-order valence-electron chi connectivity index (χ4n) is 0.480. The summed E-state index contributed by atoms with van der Waals surface area (Å²) in [6.45, 7) is 1.86. The van der Waals surface area contributed by atoms with Crippen molar-refractivity contribution in [3.05, 3.63) is 0 Å². The molecule has 0 amide bonds. The molecule has 0 radical (unpaired) electrons. The van der Waals surface area contributed by atoms with E-state index in [1.54, 1.807) is 6.92 Å². The maximum absolute atomic E-state index is 10.2. The van der Waals surface area contributed by atoms with Gasteiger partial charge in [0.2, 0.25) is 0 Å². The monoisotopic (exact) mass is 133 g/mol. The number of rotatable bonds is 4. The van der Waals surface area contributed by atoms with Crippen LogP contribution in [0, 0.1) is 5.92 Å². The number of hydrogen-bond acceptors (Lipinski definition) is 3. The highest BCUT2D eigenvalue weighted by Crippen LogP contribution is 2.00. The van der Waals surface area contributed by atoms with Crippen LogP contribution in [0.5, 0.6) is 0 Å². The Morgan fingerprint density at radius 1 is 1.89 bits per heavy atom. The molecule has 3 N–H and O–H groups in total. The number of carboxylic acids is 1. The van der Waals surface area contributed by atoms with Crippen molar-refractivity contribution in [3.63, 3.8) is 0 Å². The molecular formula is C5H11NO3. The topological polar surface area (TPSA) is 72.5 Å². The smallest absolute Gasteiger partial charge is 0.308 e. The molecule has 9 heavy (non-hydrogen) atoms. The Bertz CT molecular complexity index is 94.2. The van der Waals surface area contributed by atoms with Gasteiger partial charge in [-0.3, -0.25) is 4.79 Å². The Hall–Kier alpha value is -0.610. The molecule has 0 saturated carbocycles. The quantitative estimate of drug-likeness (QED) is 0.529. The molecule has 0 heterocycles. The summed E-state index contributed by atoms with van der Waals surface area (Å²) in [4.78, 5) is 14.4. The van der Waals surface area contributed by atoms with Crippen LogP contribution in [0.25, 0.3) is 0 Å². The third kappa shape index (κ3) is 3.05. The van der Waals surface area contributed by atoms with Crippen molar-refractivity contribution < 1.29 is 14.7 Å². The SMILES string of the molecule is CCC(CON)C(=O)O. The van der Waals surface area contributed by atoms with Crippen molar-refractivity contribution in [1.82, 2.24) is 0 Å². The van der Waals surface area contributed by atoms with Crippen molar-refractivity contribution >= 4 is 5.97 Å². The molecule has 0 spiro atoms. The van der Waals surface area contributed by atoms with E-state index < -0.39 is 11.9 Å². The highest BCUT2D eigenvalue weighted by Gasteiger charge is 2.13. The zero-order valence-corrected chi connectivity index (χ0v) is 5.33. The third-order valence-corrected chi connectivity index (χ3v) is 1.14. The number of aliphatic carboxylic acids is 1. The standard InChI is InChI=1S/C5H11NO3/c1-2-4(3-9-6)5(7)8/h4H,2-3,6H2,1H3,(H,7,8). The fraction of sp³-hybridized carbons (Fsp3) is 0.800. The molecule has 0 rings (SSSR count). The molecule has 1 unspecified atom stereocenters. The molecule has 0 fully saturated rings.